The molecular weight excluding hydrogens is 228 g/mol. The van der Waals surface area contributed by atoms with Gasteiger partial charge in [-0.15, -0.1) is 0 Å². The molecule has 0 heterocycles. The number of hydrogen-bond acceptors (Lipinski definition) is 3. The van der Waals surface area contributed by atoms with Crippen LogP contribution in [-0.4, -0.2) is 28.2 Å². The van der Waals surface area contributed by atoms with Crippen LogP contribution in [0.1, 0.15) is 40.5 Å². The van der Waals surface area contributed by atoms with Crippen LogP contribution in [0.3, 0.4) is 0 Å². The van der Waals surface area contributed by atoms with Gasteiger partial charge in [0.2, 0.25) is 0 Å². The predicted octanol–water partition coefficient (Wildman–Crippen LogP) is 2.24. The lowest BCUT2D eigenvalue weighted by molar-refractivity contribution is -0.142. The molecule has 0 aromatic heterocycles. The predicted molar refractivity (Wildman–Crippen MR) is 72.1 cm³/mol. The minimum Gasteiger partial charge on any atom is -0.392 e. The minimum absolute atomic E-state index is 0.00790. The highest BCUT2D eigenvalue weighted by Gasteiger charge is 2.50. The summed E-state index contributed by atoms with van der Waals surface area (Å²) in [4.78, 5) is 11.6. The quantitative estimate of drug-likeness (QED) is 0.757. The molecule has 0 aromatic rings. The topological polar surface area (TPSA) is 57.5 Å². The fraction of sp³-hybridized carbons (Fsp3) is 0.667. The van der Waals surface area contributed by atoms with E-state index in [9.17, 15) is 9.90 Å². The van der Waals surface area contributed by atoms with Crippen molar-refractivity contribution in [3.8, 4) is 0 Å². The number of ketones is 1. The fourth-order valence-electron chi connectivity index (χ4n) is 2.73. The molecule has 1 aliphatic rings. The van der Waals surface area contributed by atoms with E-state index in [4.69, 9.17) is 5.11 Å². The molecule has 1 rings (SSSR count). The van der Waals surface area contributed by atoms with E-state index in [1.54, 1.807) is 12.2 Å². The Morgan fingerprint density at radius 3 is 2.61 bits per heavy atom. The van der Waals surface area contributed by atoms with E-state index < -0.39 is 11.0 Å². The Bertz CT molecular complexity index is 379. The number of allylic oxidation sites excluding steroid dienone is 2. The maximum atomic E-state index is 11.6. The number of carbonyl (C=O) groups is 1. The zero-order chi connectivity index (χ0) is 14.0. The van der Waals surface area contributed by atoms with Crippen LogP contribution in [0.15, 0.2) is 23.8 Å². The van der Waals surface area contributed by atoms with Crippen LogP contribution >= 0.6 is 0 Å². The molecule has 0 aromatic carbocycles. The lowest BCUT2D eigenvalue weighted by Crippen LogP contribution is -2.53. The van der Waals surface area contributed by atoms with Crippen molar-refractivity contribution in [1.29, 1.82) is 0 Å². The second-order valence-corrected chi connectivity index (χ2v) is 5.99. The molecule has 2 N–H and O–H groups in total. The van der Waals surface area contributed by atoms with Crippen molar-refractivity contribution in [2.24, 2.45) is 11.3 Å². The van der Waals surface area contributed by atoms with Gasteiger partial charge in [0.05, 0.1) is 12.2 Å². The van der Waals surface area contributed by atoms with Gasteiger partial charge in [-0.1, -0.05) is 44.6 Å². The summed E-state index contributed by atoms with van der Waals surface area (Å²) in [6, 6.07) is 0. The van der Waals surface area contributed by atoms with Crippen LogP contribution < -0.4 is 0 Å². The third kappa shape index (κ3) is 2.90. The second kappa shape index (κ2) is 5.37. The highest BCUT2D eigenvalue weighted by molar-refractivity contribution is 5.81. The Hall–Kier alpha value is -0.930. The number of carbonyl (C=O) groups excluding carboxylic acids is 1. The van der Waals surface area contributed by atoms with Crippen LogP contribution in [-0.2, 0) is 4.79 Å². The Kier molecular flexibility index (Phi) is 4.51. The van der Waals surface area contributed by atoms with Crippen LogP contribution in [0.2, 0.25) is 0 Å². The van der Waals surface area contributed by atoms with Gasteiger partial charge in [0.1, 0.15) is 5.78 Å². The molecule has 0 bridgehead atoms. The highest BCUT2D eigenvalue weighted by Crippen LogP contribution is 2.46. The van der Waals surface area contributed by atoms with Gasteiger partial charge in [0.15, 0.2) is 0 Å². The zero-order valence-electron chi connectivity index (χ0n) is 11.7. The first-order valence-electron chi connectivity index (χ1n) is 6.44. The maximum absolute atomic E-state index is 11.6. The summed E-state index contributed by atoms with van der Waals surface area (Å²) < 4.78 is 0. The van der Waals surface area contributed by atoms with E-state index in [0.29, 0.717) is 12.8 Å². The second-order valence-electron chi connectivity index (χ2n) is 5.99. The van der Waals surface area contributed by atoms with E-state index in [-0.39, 0.29) is 18.3 Å². The van der Waals surface area contributed by atoms with Crippen LogP contribution in [0, 0.1) is 11.3 Å². The molecule has 2 atom stereocenters. The van der Waals surface area contributed by atoms with Crippen LogP contribution in [0.5, 0.6) is 0 Å². The third-order valence-electron chi connectivity index (χ3n) is 4.02. The van der Waals surface area contributed by atoms with Gasteiger partial charge >= 0.3 is 0 Å². The molecule has 18 heavy (non-hydrogen) atoms. The monoisotopic (exact) mass is 252 g/mol. The molecule has 0 unspecified atom stereocenters. The summed E-state index contributed by atoms with van der Waals surface area (Å²) >= 11 is 0. The van der Waals surface area contributed by atoms with E-state index in [1.807, 2.05) is 33.8 Å². The molecule has 0 spiro atoms. The summed E-state index contributed by atoms with van der Waals surface area (Å²) in [5.74, 6) is 0.125. The van der Waals surface area contributed by atoms with E-state index >= 15 is 0 Å². The first kappa shape index (κ1) is 15.1. The molecule has 3 heteroatoms. The zero-order valence-corrected chi connectivity index (χ0v) is 11.7. The molecular formula is C15H24O3. The van der Waals surface area contributed by atoms with Gasteiger partial charge in [0.25, 0.3) is 0 Å². The van der Waals surface area contributed by atoms with Gasteiger partial charge in [-0.2, -0.15) is 0 Å². The van der Waals surface area contributed by atoms with Gasteiger partial charge in [0, 0.05) is 18.3 Å². The SMILES string of the molecule is CC(=C/CO)/C=C/[C@@]1(O)[C@@H](C)CC(=O)CC1(C)C. The molecule has 1 aliphatic carbocycles. The average molecular weight is 252 g/mol. The van der Waals surface area contributed by atoms with Crippen molar-refractivity contribution < 1.29 is 15.0 Å². The van der Waals surface area contributed by atoms with E-state index in [0.717, 1.165) is 5.57 Å². The third-order valence-corrected chi connectivity index (χ3v) is 4.02. The number of rotatable bonds is 3. The number of aliphatic hydroxyl groups is 2. The van der Waals surface area contributed by atoms with Crippen molar-refractivity contribution in [2.75, 3.05) is 6.61 Å². The van der Waals surface area contributed by atoms with Crippen molar-refractivity contribution in [2.45, 2.75) is 46.1 Å². The lowest BCUT2D eigenvalue weighted by Gasteiger charge is -2.48. The Balaban J connectivity index is 3.01. The van der Waals surface area contributed by atoms with E-state index in [2.05, 4.69) is 0 Å². The van der Waals surface area contributed by atoms with Gasteiger partial charge in [-0.25, -0.2) is 0 Å². The van der Waals surface area contributed by atoms with E-state index in [1.165, 1.54) is 0 Å². The smallest absolute Gasteiger partial charge is 0.133 e. The van der Waals surface area contributed by atoms with Gasteiger partial charge < -0.3 is 10.2 Å². The summed E-state index contributed by atoms with van der Waals surface area (Å²) in [6.45, 7) is 7.63. The van der Waals surface area contributed by atoms with Gasteiger partial charge in [-0.3, -0.25) is 4.79 Å². The first-order chi connectivity index (χ1) is 8.23. The molecule has 3 nitrogen and oxygen atoms in total. The van der Waals surface area contributed by atoms with Crippen molar-refractivity contribution in [3.63, 3.8) is 0 Å². The average Bonchev–Trinajstić information content (AvgIpc) is 2.23. The first-order valence-corrected chi connectivity index (χ1v) is 6.44. The molecule has 1 fully saturated rings. The largest absolute Gasteiger partial charge is 0.392 e. The highest BCUT2D eigenvalue weighted by atomic mass is 16.3. The Morgan fingerprint density at radius 2 is 2.11 bits per heavy atom. The molecule has 0 amide bonds. The number of aliphatic hydroxyl groups excluding tert-OH is 1. The Labute approximate surface area is 109 Å². The van der Waals surface area contributed by atoms with Crippen LogP contribution in [0.4, 0.5) is 0 Å². The van der Waals surface area contributed by atoms with Crippen molar-refractivity contribution in [1.82, 2.24) is 0 Å². The lowest BCUT2D eigenvalue weighted by atomic mass is 9.60. The minimum atomic E-state index is -0.981. The van der Waals surface area contributed by atoms with Crippen molar-refractivity contribution >= 4 is 5.78 Å². The number of hydrogen-bond donors (Lipinski definition) is 2. The molecule has 102 valence electrons. The summed E-state index contributed by atoms with van der Waals surface area (Å²) in [6.07, 6.45) is 6.12. The molecule has 0 aliphatic heterocycles. The molecule has 0 radical (unpaired) electrons. The summed E-state index contributed by atoms with van der Waals surface area (Å²) in [5, 5.41) is 19.7. The van der Waals surface area contributed by atoms with Gasteiger partial charge in [-0.05, 0) is 12.8 Å². The Morgan fingerprint density at radius 1 is 1.50 bits per heavy atom. The summed E-state index contributed by atoms with van der Waals surface area (Å²) in [5.41, 5.74) is -0.533. The summed E-state index contributed by atoms with van der Waals surface area (Å²) in [7, 11) is 0. The maximum Gasteiger partial charge on any atom is 0.133 e. The standard InChI is InChI=1S/C15H24O3/c1-11(6-8-16)5-7-15(18)12(2)9-13(17)10-14(15,3)4/h5-7,12,16,18H,8-10H2,1-4H3/b7-5+,11-6-/t12-,15+/m0/s1. The molecule has 0 saturated heterocycles. The van der Waals surface area contributed by atoms with Crippen LogP contribution in [0.25, 0.3) is 0 Å². The fourth-order valence-corrected chi connectivity index (χ4v) is 2.73. The molecule has 1 saturated carbocycles. The van der Waals surface area contributed by atoms with Crippen molar-refractivity contribution in [3.05, 3.63) is 23.8 Å². The number of Topliss-reactive ketones (excluding diaryl/α,β-unsaturated/α-hetero) is 1. The normalized spacial score (nSPS) is 33.1.